The van der Waals surface area contributed by atoms with Crippen molar-refractivity contribution in [3.8, 4) is 0 Å². The molecule has 0 aliphatic carbocycles. The maximum atomic E-state index is 13.6. The van der Waals surface area contributed by atoms with Crippen molar-refractivity contribution in [3.05, 3.63) is 47.4 Å². The molecule has 1 heterocycles. The number of aromatic nitrogens is 1. The van der Waals surface area contributed by atoms with E-state index < -0.39 is 63.8 Å². The van der Waals surface area contributed by atoms with E-state index in [0.29, 0.717) is 6.07 Å². The summed E-state index contributed by atoms with van der Waals surface area (Å²) < 4.78 is 56.5. The first-order chi connectivity index (χ1) is 15.2. The van der Waals surface area contributed by atoms with Crippen LogP contribution in [0.1, 0.15) is 29.9 Å². The summed E-state index contributed by atoms with van der Waals surface area (Å²) in [6.07, 6.45) is -1.87. The molecule has 4 unspecified atom stereocenters. The zero-order chi connectivity index (χ0) is 24.9. The fourth-order valence-corrected chi connectivity index (χ4v) is 3.42. The Labute approximate surface area is 188 Å². The van der Waals surface area contributed by atoms with Crippen molar-refractivity contribution in [2.24, 2.45) is 0 Å². The number of carbonyl (C=O) groups excluding carboxylic acids is 2. The molecule has 182 valence electrons. The number of carbonyl (C=O) groups is 2. The van der Waals surface area contributed by atoms with E-state index in [2.05, 4.69) is 15.6 Å². The highest BCUT2D eigenvalue weighted by Crippen LogP contribution is 2.16. The van der Waals surface area contributed by atoms with E-state index in [1.54, 1.807) is 0 Å². The fourth-order valence-electron chi connectivity index (χ4n) is 3.01. The van der Waals surface area contributed by atoms with Crippen molar-refractivity contribution in [1.82, 2.24) is 15.6 Å². The molecule has 11 nitrogen and oxygen atoms in total. The van der Waals surface area contributed by atoms with Crippen molar-refractivity contribution >= 4 is 27.9 Å². The summed E-state index contributed by atoms with van der Waals surface area (Å²) in [5.74, 6) is -3.18. The highest BCUT2D eigenvalue weighted by molar-refractivity contribution is 7.91. The quantitative estimate of drug-likeness (QED) is 0.308. The Morgan fingerprint density at radius 3 is 2.27 bits per heavy atom. The van der Waals surface area contributed by atoms with Gasteiger partial charge < -0.3 is 25.3 Å². The van der Waals surface area contributed by atoms with Crippen molar-refractivity contribution in [2.45, 2.75) is 44.6 Å². The first kappa shape index (κ1) is 26.2. The number of sulfonamides is 1. The van der Waals surface area contributed by atoms with E-state index in [1.807, 2.05) is 4.72 Å². The molecule has 0 bridgehead atoms. The second-order valence-electron chi connectivity index (χ2n) is 7.44. The number of amides is 2. The molecular weight excluding hydrogens is 466 g/mol. The van der Waals surface area contributed by atoms with Crippen LogP contribution in [-0.2, 0) is 21.2 Å². The van der Waals surface area contributed by atoms with Gasteiger partial charge in [-0.15, -0.1) is 0 Å². The number of aliphatic hydroxyl groups is 2. The van der Waals surface area contributed by atoms with Gasteiger partial charge in [-0.3, -0.25) is 9.59 Å². The number of aliphatic hydroxyl groups excluding tert-OH is 2. The van der Waals surface area contributed by atoms with E-state index in [1.165, 1.54) is 13.8 Å². The van der Waals surface area contributed by atoms with Crippen LogP contribution in [0.15, 0.2) is 28.9 Å². The molecule has 0 saturated carbocycles. The van der Waals surface area contributed by atoms with E-state index in [9.17, 15) is 37.0 Å². The molecule has 1 aromatic heterocycles. The largest absolute Gasteiger partial charge is 0.431 e. The van der Waals surface area contributed by atoms with Gasteiger partial charge in [0, 0.05) is 13.0 Å². The standard InChI is InChI=1S/C19H24F2N4O7S/c1-9(22-10(2)26)16(27)17(28)14(6-11-4-12(20)7-13(21)5-11)23-18(29)15-8-32-19(24-15)25-33(3,30)31/h4-5,7-9,14,16-17,27-28H,6H2,1-3H3,(H,22,26)(H,23,29)(H,24,25). The molecule has 14 heteroatoms. The highest BCUT2D eigenvalue weighted by Gasteiger charge is 2.33. The molecular formula is C19H24F2N4O7S. The lowest BCUT2D eigenvalue weighted by Gasteiger charge is -2.31. The third-order valence-corrected chi connectivity index (χ3v) is 4.95. The third-order valence-electron chi connectivity index (χ3n) is 4.41. The second-order valence-corrected chi connectivity index (χ2v) is 9.19. The normalized spacial score (nSPS) is 15.2. The number of rotatable bonds is 10. The summed E-state index contributed by atoms with van der Waals surface area (Å²) in [6.45, 7) is 2.62. The zero-order valence-electron chi connectivity index (χ0n) is 17.9. The van der Waals surface area contributed by atoms with Crippen molar-refractivity contribution in [1.29, 1.82) is 0 Å². The number of oxazole rings is 1. The molecule has 2 rings (SSSR count). The molecule has 4 atom stereocenters. The lowest BCUT2D eigenvalue weighted by atomic mass is 9.94. The molecule has 33 heavy (non-hydrogen) atoms. The molecule has 0 spiro atoms. The van der Waals surface area contributed by atoms with E-state index in [0.717, 1.165) is 24.7 Å². The van der Waals surface area contributed by atoms with Crippen LogP contribution in [0.25, 0.3) is 0 Å². The predicted molar refractivity (Wildman–Crippen MR) is 112 cm³/mol. The Hall–Kier alpha value is -3.10. The van der Waals surface area contributed by atoms with Crippen LogP contribution in [0, 0.1) is 11.6 Å². The van der Waals surface area contributed by atoms with Crippen molar-refractivity contribution in [3.63, 3.8) is 0 Å². The summed E-state index contributed by atoms with van der Waals surface area (Å²) in [7, 11) is -3.72. The molecule has 1 aromatic carbocycles. The van der Waals surface area contributed by atoms with Gasteiger partial charge >= 0.3 is 6.01 Å². The Balaban J connectivity index is 2.27. The van der Waals surface area contributed by atoms with Crippen molar-refractivity contribution in [2.75, 3.05) is 11.0 Å². The Morgan fingerprint density at radius 2 is 1.73 bits per heavy atom. The molecule has 0 aliphatic rings. The van der Waals surface area contributed by atoms with E-state index in [4.69, 9.17) is 4.42 Å². The summed E-state index contributed by atoms with van der Waals surface area (Å²) in [4.78, 5) is 27.5. The van der Waals surface area contributed by atoms with E-state index in [-0.39, 0.29) is 17.7 Å². The number of halogens is 2. The SMILES string of the molecule is CC(=O)NC(C)C(O)C(O)C(Cc1cc(F)cc(F)c1)NC(=O)c1coc(NS(C)(=O)=O)n1. The minimum Gasteiger partial charge on any atom is -0.431 e. The molecule has 0 radical (unpaired) electrons. The van der Waals surface area contributed by atoms with Gasteiger partial charge in [0.05, 0.1) is 18.3 Å². The average molecular weight is 490 g/mol. The Morgan fingerprint density at radius 1 is 1.12 bits per heavy atom. The lowest BCUT2D eigenvalue weighted by Crippen LogP contribution is -2.55. The molecule has 2 amide bonds. The fraction of sp³-hybridized carbons (Fsp3) is 0.421. The molecule has 0 aliphatic heterocycles. The second kappa shape index (κ2) is 10.7. The topological polar surface area (TPSA) is 171 Å². The number of hydrogen-bond donors (Lipinski definition) is 5. The van der Waals surface area contributed by atoms with Gasteiger partial charge in [-0.05, 0) is 31.0 Å². The lowest BCUT2D eigenvalue weighted by molar-refractivity contribution is -0.121. The van der Waals surface area contributed by atoms with E-state index >= 15 is 0 Å². The number of nitrogens with one attached hydrogen (secondary N) is 3. The first-order valence-electron chi connectivity index (χ1n) is 9.57. The van der Waals surface area contributed by atoms with Gasteiger partial charge in [-0.1, -0.05) is 0 Å². The summed E-state index contributed by atoms with van der Waals surface area (Å²) in [5.41, 5.74) is -0.302. The smallest absolute Gasteiger partial charge is 0.309 e. The van der Waals surface area contributed by atoms with Gasteiger partial charge in [0.25, 0.3) is 5.91 Å². The number of nitrogens with zero attached hydrogens (tertiary/aromatic N) is 1. The van der Waals surface area contributed by atoms with Gasteiger partial charge in [0.15, 0.2) is 5.69 Å². The van der Waals surface area contributed by atoms with Crippen LogP contribution in [0.5, 0.6) is 0 Å². The minimum absolute atomic E-state index is 0.0656. The van der Waals surface area contributed by atoms with Gasteiger partial charge in [-0.2, -0.15) is 4.98 Å². The Bertz CT molecular complexity index is 1090. The monoisotopic (exact) mass is 490 g/mol. The summed E-state index contributed by atoms with van der Waals surface area (Å²) in [6, 6.07) is -0.0867. The average Bonchev–Trinajstić information content (AvgIpc) is 3.11. The molecule has 0 saturated heterocycles. The maximum Gasteiger partial charge on any atom is 0.309 e. The van der Waals surface area contributed by atoms with Crippen LogP contribution in [0.2, 0.25) is 0 Å². The van der Waals surface area contributed by atoms with Crippen LogP contribution in [0.3, 0.4) is 0 Å². The van der Waals surface area contributed by atoms with Crippen LogP contribution >= 0.6 is 0 Å². The predicted octanol–water partition coefficient (Wildman–Crippen LogP) is -0.0882. The molecule has 5 N–H and O–H groups in total. The van der Waals surface area contributed by atoms with Gasteiger partial charge in [0.2, 0.25) is 15.9 Å². The number of benzene rings is 1. The van der Waals surface area contributed by atoms with Crippen LogP contribution < -0.4 is 15.4 Å². The highest BCUT2D eigenvalue weighted by atomic mass is 32.2. The summed E-state index contributed by atoms with van der Waals surface area (Å²) in [5, 5.41) is 25.9. The Kier molecular flexibility index (Phi) is 8.46. The summed E-state index contributed by atoms with van der Waals surface area (Å²) >= 11 is 0. The van der Waals surface area contributed by atoms with Crippen LogP contribution in [-0.4, -0.2) is 66.0 Å². The van der Waals surface area contributed by atoms with Gasteiger partial charge in [0.1, 0.15) is 30.1 Å². The molecule has 0 fully saturated rings. The maximum absolute atomic E-state index is 13.6. The first-order valence-corrected chi connectivity index (χ1v) is 11.5. The third kappa shape index (κ3) is 8.07. The molecule has 2 aromatic rings. The number of anilines is 1. The van der Waals surface area contributed by atoms with Crippen LogP contribution in [0.4, 0.5) is 14.8 Å². The van der Waals surface area contributed by atoms with Crippen molar-refractivity contribution < 1.29 is 41.4 Å². The minimum atomic E-state index is -3.72. The van der Waals surface area contributed by atoms with Gasteiger partial charge in [-0.25, -0.2) is 21.9 Å². The number of hydrogen-bond acceptors (Lipinski definition) is 8. The zero-order valence-corrected chi connectivity index (χ0v) is 18.7.